The van der Waals surface area contributed by atoms with Crippen molar-refractivity contribution >= 4 is 17.3 Å². The zero-order valence-electron chi connectivity index (χ0n) is 15.7. The normalized spacial score (nSPS) is 15.3. The van der Waals surface area contributed by atoms with Gasteiger partial charge in [0.1, 0.15) is 5.69 Å². The van der Waals surface area contributed by atoms with Gasteiger partial charge in [0, 0.05) is 25.6 Å². The predicted molar refractivity (Wildman–Crippen MR) is 102 cm³/mol. The van der Waals surface area contributed by atoms with Crippen molar-refractivity contribution in [3.63, 3.8) is 0 Å². The first-order valence-electron chi connectivity index (χ1n) is 9.06. The van der Waals surface area contributed by atoms with Gasteiger partial charge in [0.15, 0.2) is 0 Å². The highest BCUT2D eigenvalue weighted by molar-refractivity contribution is 6.05. The fourth-order valence-corrected chi connectivity index (χ4v) is 3.22. The Hall–Kier alpha value is -2.30. The van der Waals surface area contributed by atoms with Gasteiger partial charge in [-0.25, -0.2) is 0 Å². The van der Waals surface area contributed by atoms with Crippen molar-refractivity contribution in [2.75, 3.05) is 23.3 Å². The molecule has 1 aliphatic heterocycles. The van der Waals surface area contributed by atoms with Crippen molar-refractivity contribution in [1.82, 2.24) is 9.78 Å². The van der Waals surface area contributed by atoms with Crippen molar-refractivity contribution in [3.8, 4) is 0 Å². The molecule has 0 aliphatic carbocycles. The molecule has 2 aromatic rings. The topological polar surface area (TPSA) is 50.2 Å². The number of amides is 1. The second-order valence-corrected chi connectivity index (χ2v) is 7.81. The molecule has 0 saturated carbocycles. The minimum Gasteiger partial charge on any atom is -0.370 e. The molecule has 1 N–H and O–H groups in total. The van der Waals surface area contributed by atoms with E-state index in [9.17, 15) is 4.79 Å². The van der Waals surface area contributed by atoms with Gasteiger partial charge in [0.05, 0.1) is 17.1 Å². The summed E-state index contributed by atoms with van der Waals surface area (Å²) in [6.45, 7) is 8.40. The molecule has 3 rings (SSSR count). The second kappa shape index (κ2) is 6.90. The van der Waals surface area contributed by atoms with E-state index in [0.29, 0.717) is 5.69 Å². The van der Waals surface area contributed by atoms with Crippen LogP contribution in [0.5, 0.6) is 0 Å². The van der Waals surface area contributed by atoms with Crippen LogP contribution in [0.3, 0.4) is 0 Å². The van der Waals surface area contributed by atoms with Crippen molar-refractivity contribution < 1.29 is 4.79 Å². The van der Waals surface area contributed by atoms with Gasteiger partial charge in [-0.2, -0.15) is 5.10 Å². The molecule has 2 heterocycles. The zero-order chi connectivity index (χ0) is 18.0. The number of hydrogen-bond donors (Lipinski definition) is 1. The van der Waals surface area contributed by atoms with E-state index in [1.165, 1.54) is 19.3 Å². The maximum absolute atomic E-state index is 12.8. The lowest BCUT2D eigenvalue weighted by molar-refractivity contribution is 0.101. The molecule has 0 radical (unpaired) electrons. The molecule has 1 saturated heterocycles. The molecule has 5 heteroatoms. The van der Waals surface area contributed by atoms with Crippen LogP contribution < -0.4 is 10.2 Å². The molecule has 1 fully saturated rings. The van der Waals surface area contributed by atoms with E-state index >= 15 is 0 Å². The summed E-state index contributed by atoms with van der Waals surface area (Å²) in [5.74, 6) is -0.116. The average Bonchev–Trinajstić information content (AvgIpc) is 2.98. The molecule has 1 aromatic heterocycles. The third-order valence-corrected chi connectivity index (χ3v) is 4.73. The van der Waals surface area contributed by atoms with Gasteiger partial charge in [0.2, 0.25) is 0 Å². The highest BCUT2D eigenvalue weighted by Crippen LogP contribution is 2.29. The van der Waals surface area contributed by atoms with E-state index in [1.807, 2.05) is 31.3 Å². The van der Waals surface area contributed by atoms with Gasteiger partial charge >= 0.3 is 0 Å². The lowest BCUT2D eigenvalue weighted by Crippen LogP contribution is -2.30. The Labute approximate surface area is 150 Å². The SMILES string of the molecule is Cn1nc(C(C)(C)C)cc1C(=O)Nc1ccccc1N1CCCCC1. The van der Waals surface area contributed by atoms with Crippen LogP contribution in [-0.4, -0.2) is 28.8 Å². The molecule has 1 aliphatic rings. The predicted octanol–water partition coefficient (Wildman–Crippen LogP) is 3.96. The van der Waals surface area contributed by atoms with Crippen molar-refractivity contribution in [1.29, 1.82) is 0 Å². The molecule has 5 nitrogen and oxygen atoms in total. The fourth-order valence-electron chi connectivity index (χ4n) is 3.22. The zero-order valence-corrected chi connectivity index (χ0v) is 15.7. The monoisotopic (exact) mass is 340 g/mol. The Morgan fingerprint density at radius 1 is 1.12 bits per heavy atom. The standard InChI is InChI=1S/C20H28N4O/c1-20(2,3)18-14-17(23(4)22-18)19(25)21-15-10-6-7-11-16(15)24-12-8-5-9-13-24/h6-7,10-11,14H,5,8-9,12-13H2,1-4H3,(H,21,25). The minimum atomic E-state index is -0.116. The summed E-state index contributed by atoms with van der Waals surface area (Å²) in [7, 11) is 1.82. The van der Waals surface area contributed by atoms with Gasteiger partial charge in [-0.3, -0.25) is 9.48 Å². The number of nitrogens with zero attached hydrogens (tertiary/aromatic N) is 3. The first-order valence-corrected chi connectivity index (χ1v) is 9.06. The summed E-state index contributed by atoms with van der Waals surface area (Å²) in [6, 6.07) is 9.95. The van der Waals surface area contributed by atoms with Crippen LogP contribution in [0.2, 0.25) is 0 Å². The molecular weight excluding hydrogens is 312 g/mol. The number of rotatable bonds is 3. The van der Waals surface area contributed by atoms with Crippen molar-refractivity contribution in [3.05, 3.63) is 41.7 Å². The number of aromatic nitrogens is 2. The molecule has 134 valence electrons. The number of para-hydroxylation sites is 2. The van der Waals surface area contributed by atoms with Gasteiger partial charge in [-0.05, 0) is 37.5 Å². The number of hydrogen-bond acceptors (Lipinski definition) is 3. The summed E-state index contributed by atoms with van der Waals surface area (Å²) in [4.78, 5) is 15.2. The van der Waals surface area contributed by atoms with Gasteiger partial charge in [-0.15, -0.1) is 0 Å². The van der Waals surface area contributed by atoms with Crippen LogP contribution in [0, 0.1) is 0 Å². The van der Waals surface area contributed by atoms with E-state index < -0.39 is 0 Å². The molecule has 25 heavy (non-hydrogen) atoms. The van der Waals surface area contributed by atoms with E-state index in [4.69, 9.17) is 0 Å². The lowest BCUT2D eigenvalue weighted by atomic mass is 9.92. The highest BCUT2D eigenvalue weighted by atomic mass is 16.2. The van der Waals surface area contributed by atoms with Crippen LogP contribution in [0.1, 0.15) is 56.2 Å². The summed E-state index contributed by atoms with van der Waals surface area (Å²) in [5, 5.41) is 7.59. The molecule has 1 aromatic carbocycles. The highest BCUT2D eigenvalue weighted by Gasteiger charge is 2.22. The van der Waals surface area contributed by atoms with Gasteiger partial charge in [0.25, 0.3) is 5.91 Å². The van der Waals surface area contributed by atoms with Crippen LogP contribution in [0.15, 0.2) is 30.3 Å². The summed E-state index contributed by atoms with van der Waals surface area (Å²) >= 11 is 0. The fraction of sp³-hybridized carbons (Fsp3) is 0.500. The maximum atomic E-state index is 12.8. The number of benzene rings is 1. The number of piperidine rings is 1. The Morgan fingerprint density at radius 2 is 1.80 bits per heavy atom. The second-order valence-electron chi connectivity index (χ2n) is 7.81. The summed E-state index contributed by atoms with van der Waals surface area (Å²) in [6.07, 6.45) is 3.70. The van der Waals surface area contributed by atoms with E-state index in [0.717, 1.165) is 30.2 Å². The first-order chi connectivity index (χ1) is 11.9. The quantitative estimate of drug-likeness (QED) is 0.920. The average molecular weight is 340 g/mol. The van der Waals surface area contributed by atoms with E-state index in [2.05, 4.69) is 42.2 Å². The number of aryl methyl sites for hydroxylation is 1. The van der Waals surface area contributed by atoms with Crippen molar-refractivity contribution in [2.24, 2.45) is 7.05 Å². The molecule has 0 atom stereocenters. The maximum Gasteiger partial charge on any atom is 0.273 e. The third kappa shape index (κ3) is 3.86. The molecule has 1 amide bonds. The summed E-state index contributed by atoms with van der Waals surface area (Å²) < 4.78 is 1.67. The molecule has 0 unspecified atom stereocenters. The number of anilines is 2. The van der Waals surface area contributed by atoms with Crippen LogP contribution in [0.4, 0.5) is 11.4 Å². The van der Waals surface area contributed by atoms with Gasteiger partial charge in [-0.1, -0.05) is 32.9 Å². The molecule has 0 spiro atoms. The first kappa shape index (κ1) is 17.5. The van der Waals surface area contributed by atoms with Gasteiger partial charge < -0.3 is 10.2 Å². The number of carbonyl (C=O) groups excluding carboxylic acids is 1. The third-order valence-electron chi connectivity index (χ3n) is 4.73. The Morgan fingerprint density at radius 3 is 2.44 bits per heavy atom. The Kier molecular flexibility index (Phi) is 4.84. The van der Waals surface area contributed by atoms with E-state index in [1.54, 1.807) is 4.68 Å². The smallest absolute Gasteiger partial charge is 0.273 e. The molecular formula is C20H28N4O. The lowest BCUT2D eigenvalue weighted by Gasteiger charge is -2.30. The van der Waals surface area contributed by atoms with Crippen LogP contribution >= 0.6 is 0 Å². The number of carbonyl (C=O) groups is 1. The van der Waals surface area contributed by atoms with Crippen LogP contribution in [0.25, 0.3) is 0 Å². The molecule has 0 bridgehead atoms. The Balaban J connectivity index is 1.83. The van der Waals surface area contributed by atoms with Crippen LogP contribution in [-0.2, 0) is 12.5 Å². The van der Waals surface area contributed by atoms with Crippen molar-refractivity contribution in [2.45, 2.75) is 45.4 Å². The largest absolute Gasteiger partial charge is 0.370 e. The minimum absolute atomic E-state index is 0.0814. The van der Waals surface area contributed by atoms with E-state index in [-0.39, 0.29) is 11.3 Å². The Bertz CT molecular complexity index is 751. The number of nitrogens with one attached hydrogen (secondary N) is 1. The summed E-state index contributed by atoms with van der Waals surface area (Å²) in [5.41, 5.74) is 3.40.